The summed E-state index contributed by atoms with van der Waals surface area (Å²) in [6.07, 6.45) is 5.02. The van der Waals surface area contributed by atoms with Crippen molar-refractivity contribution in [1.29, 1.82) is 0 Å². The summed E-state index contributed by atoms with van der Waals surface area (Å²) in [6.45, 7) is 0.245. The molecule has 0 aliphatic heterocycles. The highest BCUT2D eigenvalue weighted by molar-refractivity contribution is 7.89. The van der Waals surface area contributed by atoms with Crippen LogP contribution in [-0.4, -0.2) is 13.4 Å². The Morgan fingerprint density at radius 3 is 2.78 bits per heavy atom. The summed E-state index contributed by atoms with van der Waals surface area (Å²) in [7, 11) is -3.54. The Morgan fingerprint density at radius 1 is 1.04 bits per heavy atom. The summed E-state index contributed by atoms with van der Waals surface area (Å²) in [5.41, 5.74) is 3.02. The van der Waals surface area contributed by atoms with Gasteiger partial charge in [-0.05, 0) is 52.4 Å². The first kappa shape index (κ1) is 14.4. The Morgan fingerprint density at radius 2 is 1.96 bits per heavy atom. The van der Waals surface area contributed by atoms with Crippen molar-refractivity contribution in [3.05, 3.63) is 71.5 Å². The highest BCUT2D eigenvalue weighted by Gasteiger charge is 2.24. The number of pyridine rings is 1. The van der Waals surface area contributed by atoms with Gasteiger partial charge < -0.3 is 0 Å². The number of nitrogens with one attached hydrogen (secondary N) is 1. The van der Waals surface area contributed by atoms with Gasteiger partial charge in [0.05, 0.1) is 4.90 Å². The van der Waals surface area contributed by atoms with Crippen LogP contribution in [0.1, 0.15) is 16.7 Å². The van der Waals surface area contributed by atoms with Crippen LogP contribution in [0.25, 0.3) is 10.8 Å². The number of nitrogens with zero attached hydrogens (tertiary/aromatic N) is 1. The highest BCUT2D eigenvalue weighted by Crippen LogP contribution is 2.34. The lowest BCUT2D eigenvalue weighted by Gasteiger charge is -2.11. The molecule has 0 unspecified atom stereocenters. The third kappa shape index (κ3) is 2.52. The van der Waals surface area contributed by atoms with Crippen LogP contribution in [0, 0.1) is 0 Å². The molecule has 1 N–H and O–H groups in total. The standard InChI is InChI=1S/C18H16N2O2S/c21-23(22,20-12-13-3-2-10-19-11-13)17-9-7-15-5-1-4-14-6-8-16(17)18(14)15/h1-5,7,9-11,20H,6,8,12H2. The van der Waals surface area contributed by atoms with Gasteiger partial charge in [0.2, 0.25) is 10.0 Å². The van der Waals surface area contributed by atoms with E-state index in [0.29, 0.717) is 4.90 Å². The van der Waals surface area contributed by atoms with E-state index in [1.165, 1.54) is 5.56 Å². The van der Waals surface area contributed by atoms with Crippen LogP contribution in [0.3, 0.4) is 0 Å². The summed E-state index contributed by atoms with van der Waals surface area (Å²) in [5, 5.41) is 2.22. The molecule has 0 amide bonds. The molecule has 0 bridgehead atoms. The van der Waals surface area contributed by atoms with Gasteiger partial charge in [0.25, 0.3) is 0 Å². The second kappa shape index (κ2) is 5.44. The molecule has 1 aliphatic rings. The minimum absolute atomic E-state index is 0.245. The Labute approximate surface area is 135 Å². The minimum atomic E-state index is -3.54. The molecule has 1 aliphatic carbocycles. The maximum absolute atomic E-state index is 12.7. The van der Waals surface area contributed by atoms with Crippen molar-refractivity contribution in [3.63, 3.8) is 0 Å². The Hall–Kier alpha value is -2.24. The molecule has 5 heteroatoms. The van der Waals surface area contributed by atoms with Crippen LogP contribution in [0.2, 0.25) is 0 Å². The lowest BCUT2D eigenvalue weighted by Crippen LogP contribution is -2.24. The van der Waals surface area contributed by atoms with Crippen molar-refractivity contribution < 1.29 is 8.42 Å². The third-order valence-electron chi connectivity index (χ3n) is 4.32. The number of hydrogen-bond acceptors (Lipinski definition) is 3. The molecular formula is C18H16N2O2S. The Balaban J connectivity index is 1.72. The van der Waals surface area contributed by atoms with Gasteiger partial charge >= 0.3 is 0 Å². The molecule has 116 valence electrons. The average Bonchev–Trinajstić information content (AvgIpc) is 3.00. The second-order valence-electron chi connectivity index (χ2n) is 5.74. The van der Waals surface area contributed by atoms with Crippen LogP contribution in [0.15, 0.2) is 59.8 Å². The lowest BCUT2D eigenvalue weighted by molar-refractivity contribution is 0.580. The number of benzene rings is 2. The van der Waals surface area contributed by atoms with Gasteiger partial charge in [0.15, 0.2) is 0 Å². The highest BCUT2D eigenvalue weighted by atomic mass is 32.2. The van der Waals surface area contributed by atoms with Gasteiger partial charge in [-0.15, -0.1) is 0 Å². The molecule has 4 rings (SSSR count). The monoisotopic (exact) mass is 324 g/mol. The topological polar surface area (TPSA) is 59.1 Å². The number of rotatable bonds is 4. The average molecular weight is 324 g/mol. The maximum Gasteiger partial charge on any atom is 0.241 e. The minimum Gasteiger partial charge on any atom is -0.264 e. The molecule has 1 aromatic heterocycles. The van der Waals surface area contributed by atoms with Crippen molar-refractivity contribution in [2.75, 3.05) is 0 Å². The van der Waals surface area contributed by atoms with Crippen molar-refractivity contribution in [2.24, 2.45) is 0 Å². The summed E-state index contributed by atoms with van der Waals surface area (Å²) < 4.78 is 28.1. The summed E-state index contributed by atoms with van der Waals surface area (Å²) in [5.74, 6) is 0. The molecule has 4 nitrogen and oxygen atoms in total. The molecule has 0 radical (unpaired) electrons. The van der Waals surface area contributed by atoms with E-state index in [0.717, 1.165) is 34.7 Å². The van der Waals surface area contributed by atoms with Crippen LogP contribution >= 0.6 is 0 Å². The molecule has 0 spiro atoms. The molecule has 0 saturated heterocycles. The van der Waals surface area contributed by atoms with E-state index < -0.39 is 10.0 Å². The lowest BCUT2D eigenvalue weighted by atomic mass is 10.1. The second-order valence-corrected chi connectivity index (χ2v) is 7.48. The van der Waals surface area contributed by atoms with Crippen LogP contribution in [0.4, 0.5) is 0 Å². The maximum atomic E-state index is 12.7. The molecule has 0 atom stereocenters. The van der Waals surface area contributed by atoms with Gasteiger partial charge in [-0.2, -0.15) is 0 Å². The van der Waals surface area contributed by atoms with E-state index in [-0.39, 0.29) is 6.54 Å². The predicted octanol–water partition coefficient (Wildman–Crippen LogP) is 2.81. The zero-order chi connectivity index (χ0) is 15.9. The van der Waals surface area contributed by atoms with Crippen molar-refractivity contribution in [3.8, 4) is 0 Å². The molecule has 1 heterocycles. The molecule has 2 aromatic carbocycles. The van der Waals surface area contributed by atoms with E-state index in [4.69, 9.17) is 0 Å². The fourth-order valence-electron chi connectivity index (χ4n) is 3.24. The molecular weight excluding hydrogens is 308 g/mol. The summed E-state index contributed by atoms with van der Waals surface area (Å²) in [4.78, 5) is 4.41. The van der Waals surface area contributed by atoms with E-state index in [1.807, 2.05) is 24.3 Å². The number of sulfonamides is 1. The largest absolute Gasteiger partial charge is 0.264 e. The molecule has 0 fully saturated rings. The van der Waals surface area contributed by atoms with Crippen LogP contribution in [0.5, 0.6) is 0 Å². The zero-order valence-corrected chi connectivity index (χ0v) is 13.3. The quantitative estimate of drug-likeness (QED) is 0.803. The zero-order valence-electron chi connectivity index (χ0n) is 12.5. The fourth-order valence-corrected chi connectivity index (χ4v) is 4.53. The Bertz CT molecular complexity index is 983. The smallest absolute Gasteiger partial charge is 0.241 e. The van der Waals surface area contributed by atoms with Crippen molar-refractivity contribution in [2.45, 2.75) is 24.3 Å². The van der Waals surface area contributed by atoms with Crippen molar-refractivity contribution in [1.82, 2.24) is 9.71 Å². The number of aryl methyl sites for hydroxylation is 2. The molecule has 0 saturated carbocycles. The van der Waals surface area contributed by atoms with Crippen LogP contribution < -0.4 is 4.72 Å². The van der Waals surface area contributed by atoms with Gasteiger partial charge in [-0.1, -0.05) is 30.3 Å². The normalized spacial score (nSPS) is 13.6. The first-order valence-corrected chi connectivity index (χ1v) is 9.05. The molecule has 3 aromatic rings. The van der Waals surface area contributed by atoms with Gasteiger partial charge in [-0.3, -0.25) is 4.98 Å². The van der Waals surface area contributed by atoms with Crippen LogP contribution in [-0.2, 0) is 29.4 Å². The Kier molecular flexibility index (Phi) is 3.39. The van der Waals surface area contributed by atoms with Gasteiger partial charge in [-0.25, -0.2) is 13.1 Å². The first-order valence-electron chi connectivity index (χ1n) is 7.57. The predicted molar refractivity (Wildman–Crippen MR) is 89.6 cm³/mol. The van der Waals surface area contributed by atoms with E-state index in [1.54, 1.807) is 24.5 Å². The van der Waals surface area contributed by atoms with E-state index in [9.17, 15) is 8.42 Å². The SMILES string of the molecule is O=S(=O)(NCc1cccnc1)c1ccc2cccc3c2c1CC3. The summed E-state index contributed by atoms with van der Waals surface area (Å²) in [6, 6.07) is 13.4. The number of aromatic nitrogens is 1. The molecule has 23 heavy (non-hydrogen) atoms. The van der Waals surface area contributed by atoms with Gasteiger partial charge in [0, 0.05) is 18.9 Å². The summed E-state index contributed by atoms with van der Waals surface area (Å²) >= 11 is 0. The number of hydrogen-bond donors (Lipinski definition) is 1. The fraction of sp³-hybridized carbons (Fsp3) is 0.167. The van der Waals surface area contributed by atoms with E-state index in [2.05, 4.69) is 15.8 Å². The van der Waals surface area contributed by atoms with Crippen molar-refractivity contribution >= 4 is 20.8 Å². The first-order chi connectivity index (χ1) is 11.1. The van der Waals surface area contributed by atoms with E-state index >= 15 is 0 Å². The van der Waals surface area contributed by atoms with Gasteiger partial charge in [0.1, 0.15) is 0 Å². The third-order valence-corrected chi connectivity index (χ3v) is 5.81.